The van der Waals surface area contributed by atoms with Crippen LogP contribution < -0.4 is 9.47 Å². The minimum Gasteiger partial charge on any atom is -0.454 e. The Labute approximate surface area is 199 Å². The molecule has 2 amide bonds. The molecule has 0 bridgehead atoms. The molecule has 0 radical (unpaired) electrons. The molecule has 1 aromatic heterocycles. The molecule has 35 heavy (non-hydrogen) atoms. The van der Waals surface area contributed by atoms with Crippen LogP contribution >= 0.6 is 0 Å². The molecule has 0 saturated carbocycles. The van der Waals surface area contributed by atoms with Crippen molar-refractivity contribution in [1.82, 2.24) is 14.8 Å². The molecular weight excluding hydrogens is 456 g/mol. The molecule has 4 heterocycles. The number of benzene rings is 2. The molecule has 3 aromatic rings. The molecule has 180 valence electrons. The first-order chi connectivity index (χ1) is 16.9. The lowest BCUT2D eigenvalue weighted by Crippen LogP contribution is -2.66. The Balaban J connectivity index is 1.48. The third-order valence-electron chi connectivity index (χ3n) is 7.07. The fraction of sp³-hybridized carbons (Fsp3) is 0.333. The molecule has 3 atom stereocenters. The summed E-state index contributed by atoms with van der Waals surface area (Å²) in [5.74, 6) is 0.702. The van der Waals surface area contributed by atoms with Crippen LogP contribution in [0.25, 0.3) is 10.9 Å². The van der Waals surface area contributed by atoms with Gasteiger partial charge in [-0.25, -0.2) is 0 Å². The number of likely N-dealkylation sites (N-methyl/N-ethyl adjacent to an activating group) is 1. The smallest absolute Gasteiger partial charge is 0.294 e. The summed E-state index contributed by atoms with van der Waals surface area (Å²) in [6, 6.07) is 11.2. The lowest BCUT2D eigenvalue weighted by atomic mass is 9.84. The minimum atomic E-state index is -0.898. The van der Waals surface area contributed by atoms with E-state index in [0.29, 0.717) is 17.9 Å². The maximum Gasteiger partial charge on any atom is 0.294 e. The number of para-hydroxylation sites is 1. The Bertz CT molecular complexity index is 1370. The van der Waals surface area contributed by atoms with Crippen molar-refractivity contribution in [3.8, 4) is 11.5 Å². The van der Waals surface area contributed by atoms with Crippen molar-refractivity contribution in [2.24, 2.45) is 0 Å². The highest BCUT2D eigenvalue weighted by Crippen LogP contribution is 2.45. The molecule has 3 aliphatic rings. The molecule has 3 aliphatic heterocycles. The van der Waals surface area contributed by atoms with Crippen LogP contribution in [0.2, 0.25) is 0 Å². The zero-order chi connectivity index (χ0) is 24.3. The second kappa shape index (κ2) is 7.90. The van der Waals surface area contributed by atoms with Gasteiger partial charge in [-0.1, -0.05) is 24.3 Å². The number of aromatic amines is 1. The summed E-state index contributed by atoms with van der Waals surface area (Å²) in [5.41, 5.74) is 3.53. The van der Waals surface area contributed by atoms with Gasteiger partial charge in [0, 0.05) is 36.5 Å². The number of H-pyrrole nitrogens is 1. The average molecular weight is 478 g/mol. The third kappa shape index (κ3) is 3.26. The predicted molar refractivity (Wildman–Crippen MR) is 121 cm³/mol. The Kier molecular flexibility index (Phi) is 4.80. The van der Waals surface area contributed by atoms with Crippen molar-refractivity contribution >= 4 is 22.7 Å². The normalized spacial score (nSPS) is 22.8. The van der Waals surface area contributed by atoms with Crippen LogP contribution in [0.1, 0.15) is 29.3 Å². The van der Waals surface area contributed by atoms with Crippen LogP contribution in [-0.4, -0.2) is 64.2 Å². The molecule has 0 spiro atoms. The fourth-order valence-corrected chi connectivity index (χ4v) is 5.46. The first-order valence-corrected chi connectivity index (χ1v) is 11.3. The second-order valence-electron chi connectivity index (χ2n) is 8.85. The van der Waals surface area contributed by atoms with E-state index in [2.05, 4.69) is 9.82 Å². The summed E-state index contributed by atoms with van der Waals surface area (Å²) in [4.78, 5) is 49.0. The Morgan fingerprint density at radius 2 is 1.94 bits per heavy atom. The largest absolute Gasteiger partial charge is 0.454 e. The van der Waals surface area contributed by atoms with E-state index in [9.17, 15) is 19.7 Å². The van der Waals surface area contributed by atoms with Crippen LogP contribution in [0.5, 0.6) is 11.5 Å². The van der Waals surface area contributed by atoms with E-state index >= 15 is 0 Å². The maximum atomic E-state index is 13.9. The van der Waals surface area contributed by atoms with Crippen molar-refractivity contribution in [1.29, 1.82) is 0 Å². The molecule has 11 nitrogen and oxygen atoms in total. The predicted octanol–water partition coefficient (Wildman–Crippen LogP) is 2.18. The molecule has 6 rings (SSSR count). The van der Waals surface area contributed by atoms with Crippen LogP contribution in [-0.2, 0) is 20.8 Å². The van der Waals surface area contributed by atoms with E-state index in [1.165, 1.54) is 4.90 Å². The number of piperazine rings is 1. The molecule has 11 heteroatoms. The van der Waals surface area contributed by atoms with Gasteiger partial charge < -0.3 is 29.1 Å². The van der Waals surface area contributed by atoms with Crippen molar-refractivity contribution < 1.29 is 29.0 Å². The summed E-state index contributed by atoms with van der Waals surface area (Å²) in [5, 5.41) is 10.7. The molecular formula is C24H22N4O7. The molecule has 1 saturated heterocycles. The van der Waals surface area contributed by atoms with Gasteiger partial charge in [-0.15, -0.1) is 10.1 Å². The Morgan fingerprint density at radius 3 is 2.77 bits per heavy atom. The highest BCUT2D eigenvalue weighted by Gasteiger charge is 2.51. The number of nitrogens with one attached hydrogen (secondary N) is 1. The van der Waals surface area contributed by atoms with E-state index in [1.807, 2.05) is 36.4 Å². The topological polar surface area (TPSA) is 127 Å². The van der Waals surface area contributed by atoms with Crippen molar-refractivity contribution in [3.05, 3.63) is 69.4 Å². The number of hydrogen-bond acceptors (Lipinski definition) is 7. The number of amides is 2. The minimum absolute atomic E-state index is 0.0126. The zero-order valence-electron chi connectivity index (χ0n) is 18.8. The third-order valence-corrected chi connectivity index (χ3v) is 7.07. The van der Waals surface area contributed by atoms with Gasteiger partial charge >= 0.3 is 0 Å². The average Bonchev–Trinajstić information content (AvgIpc) is 3.47. The number of carbonyl (C=O) groups excluding carboxylic acids is 2. The molecule has 0 aliphatic carbocycles. The fourth-order valence-electron chi connectivity index (χ4n) is 5.46. The van der Waals surface area contributed by atoms with Crippen LogP contribution in [0.4, 0.5) is 0 Å². The molecule has 0 unspecified atom stereocenters. The van der Waals surface area contributed by atoms with Gasteiger partial charge in [0.25, 0.3) is 5.09 Å². The van der Waals surface area contributed by atoms with E-state index in [0.717, 1.165) is 27.7 Å². The molecule has 2 aromatic carbocycles. The van der Waals surface area contributed by atoms with E-state index in [1.54, 1.807) is 18.0 Å². The van der Waals surface area contributed by atoms with E-state index in [-0.39, 0.29) is 31.6 Å². The first kappa shape index (κ1) is 21.3. The number of hydrogen-bond donors (Lipinski definition) is 1. The highest BCUT2D eigenvalue weighted by molar-refractivity contribution is 5.99. The summed E-state index contributed by atoms with van der Waals surface area (Å²) < 4.78 is 11.0. The van der Waals surface area contributed by atoms with Gasteiger partial charge in [0.05, 0.1) is 12.6 Å². The van der Waals surface area contributed by atoms with Crippen molar-refractivity contribution in [2.75, 3.05) is 20.4 Å². The highest BCUT2D eigenvalue weighted by atomic mass is 16.9. The Morgan fingerprint density at radius 1 is 1.14 bits per heavy atom. The number of fused-ring (bicyclic) bond motifs is 5. The second-order valence-corrected chi connectivity index (χ2v) is 8.85. The summed E-state index contributed by atoms with van der Waals surface area (Å²) in [6.45, 7) is -0.167. The van der Waals surface area contributed by atoms with Gasteiger partial charge in [0.15, 0.2) is 11.5 Å². The van der Waals surface area contributed by atoms with E-state index < -0.39 is 23.2 Å². The number of rotatable bonds is 5. The zero-order valence-corrected chi connectivity index (χ0v) is 18.8. The van der Waals surface area contributed by atoms with Gasteiger partial charge in [0.1, 0.15) is 12.1 Å². The van der Waals surface area contributed by atoms with Gasteiger partial charge in [-0.3, -0.25) is 9.59 Å². The van der Waals surface area contributed by atoms with Crippen molar-refractivity contribution in [3.63, 3.8) is 0 Å². The number of aromatic nitrogens is 1. The first-order valence-electron chi connectivity index (χ1n) is 11.3. The van der Waals surface area contributed by atoms with Crippen LogP contribution in [0.3, 0.4) is 0 Å². The lowest BCUT2D eigenvalue weighted by molar-refractivity contribution is -0.757. The number of carbonyl (C=O) groups is 2. The van der Waals surface area contributed by atoms with Gasteiger partial charge in [-0.05, 0) is 29.3 Å². The number of nitrogens with zero attached hydrogens (tertiary/aromatic N) is 3. The molecule has 1 fully saturated rings. The molecule has 1 N–H and O–H groups in total. The summed E-state index contributed by atoms with van der Waals surface area (Å²) in [7, 11) is 1.56. The Hall–Kier alpha value is -4.28. The van der Waals surface area contributed by atoms with Crippen molar-refractivity contribution in [2.45, 2.75) is 31.0 Å². The van der Waals surface area contributed by atoms with Gasteiger partial charge in [0.2, 0.25) is 18.6 Å². The standard InChI is InChI=1S/C24H22N4O7/c1-26-17(8-9-35-28(31)32)24(30)27-18(23(26)29)11-15-14-4-2-3-5-16(14)25-21(15)22(27)13-6-7-19-20(10-13)34-12-33-19/h2-7,10,17-18,22,25H,8-9,11-12H2,1H3/t17-,18-,22-/m1/s1. The summed E-state index contributed by atoms with van der Waals surface area (Å²) in [6.07, 6.45) is 0.381. The van der Waals surface area contributed by atoms with E-state index in [4.69, 9.17) is 9.47 Å². The SMILES string of the molecule is CN1C(=O)[C@H]2Cc3c([nH]c4ccccc34)[C@@H](c3ccc4c(c3)OCO4)N2C(=O)[C@H]1CCO[N+](=O)[O-]. The maximum absolute atomic E-state index is 13.9. The monoisotopic (exact) mass is 478 g/mol. The summed E-state index contributed by atoms with van der Waals surface area (Å²) >= 11 is 0. The lowest BCUT2D eigenvalue weighted by Gasteiger charge is -2.49. The van der Waals surface area contributed by atoms with Crippen LogP contribution in [0.15, 0.2) is 42.5 Å². The van der Waals surface area contributed by atoms with Gasteiger partial charge in [-0.2, -0.15) is 0 Å². The van der Waals surface area contributed by atoms with Crippen LogP contribution in [0, 0.1) is 10.1 Å². The number of ether oxygens (including phenoxy) is 2. The quantitative estimate of drug-likeness (QED) is 0.440.